The Kier molecular flexibility index (Phi) is 8.72. The number of hydrogen-bond donors (Lipinski definition) is 0. The smallest absolute Gasteiger partial charge is 0.338 e. The number of fused-ring (bicyclic) bond motifs is 1. The van der Waals surface area contributed by atoms with E-state index in [2.05, 4.69) is 0 Å². The number of allylic oxidation sites excluding steroid dienone is 1. The fourth-order valence-corrected chi connectivity index (χ4v) is 6.45. The summed E-state index contributed by atoms with van der Waals surface area (Å²) in [7, 11) is 1.59. The molecule has 3 heterocycles. The van der Waals surface area contributed by atoms with Crippen molar-refractivity contribution in [2.75, 3.05) is 13.7 Å². The predicted molar refractivity (Wildman–Crippen MR) is 178 cm³/mol. The summed E-state index contributed by atoms with van der Waals surface area (Å²) >= 11 is 1.27. The SMILES string of the molecule is CCOc1ccc(-c2nn(-c3ccccc3)cc2/C=c2/sc3n(c2=O)[C@@H](c2ccc(OC)cc2)C(C(=O)OC(C)C)=C(C)N=3)cc1. The van der Waals surface area contributed by atoms with Crippen molar-refractivity contribution in [1.82, 2.24) is 14.3 Å². The van der Waals surface area contributed by atoms with E-state index in [-0.39, 0.29) is 11.7 Å². The molecule has 10 heteroatoms. The van der Waals surface area contributed by atoms with Gasteiger partial charge in [-0.2, -0.15) is 5.10 Å². The molecule has 1 aliphatic rings. The monoisotopic (exact) mass is 634 g/mol. The van der Waals surface area contributed by atoms with Crippen LogP contribution in [0.15, 0.2) is 106 Å². The maximum atomic E-state index is 14.3. The standard InChI is InChI=1S/C36H34N4O5S/c1-6-44-29-18-12-24(13-19-29)32-26(21-39(38-32)27-10-8-7-9-11-27)20-30-34(41)40-33(25-14-16-28(43-5)17-15-25)31(35(42)45-22(2)3)23(4)37-36(40)46-30/h7-22,33H,6H2,1-5H3/b30-20+/t33-/m0/s1. The van der Waals surface area contributed by atoms with Crippen LogP contribution in [0.3, 0.4) is 0 Å². The highest BCUT2D eigenvalue weighted by Gasteiger charge is 2.34. The van der Waals surface area contributed by atoms with E-state index >= 15 is 0 Å². The molecule has 46 heavy (non-hydrogen) atoms. The van der Waals surface area contributed by atoms with Crippen LogP contribution in [0.4, 0.5) is 0 Å². The maximum absolute atomic E-state index is 14.3. The summed E-state index contributed by atoms with van der Waals surface area (Å²) < 4.78 is 20.5. The van der Waals surface area contributed by atoms with Gasteiger partial charge in [-0.15, -0.1) is 0 Å². The molecule has 0 bridgehead atoms. The second-order valence-electron chi connectivity index (χ2n) is 11.0. The second kappa shape index (κ2) is 13.0. The number of para-hydroxylation sites is 1. The summed E-state index contributed by atoms with van der Waals surface area (Å²) in [6.07, 6.45) is 3.42. The van der Waals surface area contributed by atoms with Gasteiger partial charge in [0.05, 0.1) is 47.4 Å². The van der Waals surface area contributed by atoms with Gasteiger partial charge < -0.3 is 14.2 Å². The quantitative estimate of drug-likeness (QED) is 0.200. The summed E-state index contributed by atoms with van der Waals surface area (Å²) in [6, 6.07) is 24.2. The first-order valence-corrected chi connectivity index (χ1v) is 15.8. The topological polar surface area (TPSA) is 96.9 Å². The van der Waals surface area contributed by atoms with Gasteiger partial charge in [-0.3, -0.25) is 9.36 Å². The van der Waals surface area contributed by atoms with E-state index in [0.717, 1.165) is 28.1 Å². The fourth-order valence-electron chi connectivity index (χ4n) is 5.41. The number of aromatic nitrogens is 3. The molecule has 0 spiro atoms. The van der Waals surface area contributed by atoms with Crippen LogP contribution in [0, 0.1) is 0 Å². The van der Waals surface area contributed by atoms with Gasteiger partial charge >= 0.3 is 5.97 Å². The van der Waals surface area contributed by atoms with Crippen molar-refractivity contribution in [3.8, 4) is 28.4 Å². The lowest BCUT2D eigenvalue weighted by molar-refractivity contribution is -0.143. The first kappa shape index (κ1) is 30.8. The van der Waals surface area contributed by atoms with E-state index in [4.69, 9.17) is 24.3 Å². The first-order valence-electron chi connectivity index (χ1n) is 15.0. The third-order valence-electron chi connectivity index (χ3n) is 7.50. The number of thiazole rings is 1. The Hall–Kier alpha value is -5.22. The van der Waals surface area contributed by atoms with E-state index in [9.17, 15) is 9.59 Å². The number of methoxy groups -OCH3 is 1. The lowest BCUT2D eigenvalue weighted by Gasteiger charge is -2.25. The fraction of sp³-hybridized carbons (Fsp3) is 0.222. The Balaban J connectivity index is 1.53. The summed E-state index contributed by atoms with van der Waals surface area (Å²) in [4.78, 5) is 33.0. The van der Waals surface area contributed by atoms with Gasteiger partial charge in [0.15, 0.2) is 4.80 Å². The van der Waals surface area contributed by atoms with Crippen molar-refractivity contribution in [2.24, 2.45) is 4.99 Å². The van der Waals surface area contributed by atoms with Gasteiger partial charge in [-0.1, -0.05) is 41.7 Å². The van der Waals surface area contributed by atoms with Crippen molar-refractivity contribution in [1.29, 1.82) is 0 Å². The molecule has 0 amide bonds. The molecule has 1 aliphatic heterocycles. The number of hydrogen-bond acceptors (Lipinski definition) is 8. The molecule has 0 saturated heterocycles. The number of benzene rings is 3. The molecule has 234 valence electrons. The van der Waals surface area contributed by atoms with Crippen molar-refractivity contribution in [3.63, 3.8) is 0 Å². The van der Waals surface area contributed by atoms with Gasteiger partial charge in [-0.05, 0) is 87.9 Å². The number of rotatable bonds is 9. The number of nitrogens with zero attached hydrogens (tertiary/aromatic N) is 4. The van der Waals surface area contributed by atoms with Crippen LogP contribution in [-0.4, -0.2) is 40.1 Å². The summed E-state index contributed by atoms with van der Waals surface area (Å²) in [5, 5.41) is 4.92. The zero-order valence-electron chi connectivity index (χ0n) is 26.3. The number of carbonyl (C=O) groups excluding carboxylic acids is 1. The molecule has 0 saturated carbocycles. The molecular formula is C36H34N4O5S. The molecule has 9 nitrogen and oxygen atoms in total. The molecule has 0 N–H and O–H groups in total. The van der Waals surface area contributed by atoms with Crippen LogP contribution in [0.25, 0.3) is 23.0 Å². The van der Waals surface area contributed by atoms with Gasteiger partial charge in [0.1, 0.15) is 17.2 Å². The van der Waals surface area contributed by atoms with Gasteiger partial charge in [0.2, 0.25) is 0 Å². The molecule has 0 unspecified atom stereocenters. The number of ether oxygens (including phenoxy) is 3. The molecule has 0 aliphatic carbocycles. The van der Waals surface area contributed by atoms with Gasteiger partial charge in [-0.25, -0.2) is 14.5 Å². The molecule has 0 radical (unpaired) electrons. The van der Waals surface area contributed by atoms with Crippen molar-refractivity contribution in [3.05, 3.63) is 127 Å². The molecule has 2 aromatic heterocycles. The first-order chi connectivity index (χ1) is 22.3. The predicted octanol–water partition coefficient (Wildman–Crippen LogP) is 5.45. The number of esters is 1. The number of carbonyl (C=O) groups is 1. The molecular weight excluding hydrogens is 600 g/mol. The minimum absolute atomic E-state index is 0.267. The molecule has 0 fully saturated rings. The summed E-state index contributed by atoms with van der Waals surface area (Å²) in [6.45, 7) is 7.88. The molecule has 3 aromatic carbocycles. The van der Waals surface area contributed by atoms with Gasteiger partial charge in [0.25, 0.3) is 5.56 Å². The van der Waals surface area contributed by atoms with E-state index in [0.29, 0.717) is 38.7 Å². The lowest BCUT2D eigenvalue weighted by Crippen LogP contribution is -2.40. The summed E-state index contributed by atoms with van der Waals surface area (Å²) in [5.74, 6) is 0.929. The zero-order chi connectivity index (χ0) is 32.4. The Bertz CT molecular complexity index is 2090. The third-order valence-corrected chi connectivity index (χ3v) is 8.49. The van der Waals surface area contributed by atoms with Crippen LogP contribution in [0.2, 0.25) is 0 Å². The van der Waals surface area contributed by atoms with Crippen LogP contribution in [-0.2, 0) is 9.53 Å². The minimum Gasteiger partial charge on any atom is -0.497 e. The van der Waals surface area contributed by atoms with E-state index < -0.39 is 12.0 Å². The Morgan fingerprint density at radius 3 is 2.35 bits per heavy atom. The van der Waals surface area contributed by atoms with Crippen LogP contribution in [0.5, 0.6) is 11.5 Å². The second-order valence-corrected chi connectivity index (χ2v) is 12.0. The van der Waals surface area contributed by atoms with E-state index in [1.54, 1.807) is 37.1 Å². The Morgan fingerprint density at radius 1 is 1.00 bits per heavy atom. The molecule has 6 rings (SSSR count). The lowest BCUT2D eigenvalue weighted by atomic mass is 9.96. The highest BCUT2D eigenvalue weighted by Crippen LogP contribution is 2.32. The van der Waals surface area contributed by atoms with E-state index in [1.807, 2.05) is 98.1 Å². The minimum atomic E-state index is -0.729. The highest BCUT2D eigenvalue weighted by molar-refractivity contribution is 7.07. The van der Waals surface area contributed by atoms with Crippen LogP contribution < -0.4 is 24.4 Å². The average Bonchev–Trinajstić information content (AvgIpc) is 3.61. The zero-order valence-corrected chi connectivity index (χ0v) is 27.1. The average molecular weight is 635 g/mol. The molecule has 5 aromatic rings. The third kappa shape index (κ3) is 6.03. The highest BCUT2D eigenvalue weighted by atomic mass is 32.1. The van der Waals surface area contributed by atoms with Gasteiger partial charge in [0, 0.05) is 17.3 Å². The van der Waals surface area contributed by atoms with Crippen molar-refractivity contribution < 1.29 is 19.0 Å². The van der Waals surface area contributed by atoms with E-state index in [1.165, 1.54) is 11.3 Å². The normalized spacial score (nSPS) is 14.7. The van der Waals surface area contributed by atoms with Crippen molar-refractivity contribution in [2.45, 2.75) is 39.8 Å². The maximum Gasteiger partial charge on any atom is 0.338 e. The van der Waals surface area contributed by atoms with Crippen LogP contribution >= 0.6 is 11.3 Å². The Labute approximate surface area is 270 Å². The van der Waals surface area contributed by atoms with Crippen LogP contribution in [0.1, 0.15) is 44.9 Å². The molecule has 1 atom stereocenters. The Morgan fingerprint density at radius 2 is 1.70 bits per heavy atom. The summed E-state index contributed by atoms with van der Waals surface area (Å²) in [5.41, 5.74) is 4.54. The van der Waals surface area contributed by atoms with Crippen molar-refractivity contribution >= 4 is 23.4 Å². The largest absolute Gasteiger partial charge is 0.497 e.